The minimum Gasteiger partial charge on any atom is -0.330 e. The maximum absolute atomic E-state index is 13.3. The summed E-state index contributed by atoms with van der Waals surface area (Å²) in [6.45, 7) is 2.44. The Morgan fingerprint density at radius 2 is 2.18 bits per heavy atom. The van der Waals surface area contributed by atoms with Crippen LogP contribution in [-0.4, -0.2) is 6.54 Å². The average molecular weight is 249 g/mol. The molecule has 1 nitrogen and oxygen atoms in total. The number of thiophene rings is 1. The standard InChI is InChI=1S/C14H16FNS/c1-10-9-11(4-5-13(10)15)12(6-7-16)14-3-2-8-17-14/h2-5,8-9,12H,6-7,16H2,1H3. The molecule has 0 aliphatic carbocycles. The maximum atomic E-state index is 13.3. The lowest BCUT2D eigenvalue weighted by Crippen LogP contribution is -2.08. The second-order valence-corrected chi connectivity index (χ2v) is 5.13. The molecule has 0 aliphatic heterocycles. The van der Waals surface area contributed by atoms with Crippen LogP contribution in [0.2, 0.25) is 0 Å². The number of benzene rings is 1. The van der Waals surface area contributed by atoms with Crippen molar-refractivity contribution in [3.05, 3.63) is 57.5 Å². The van der Waals surface area contributed by atoms with Gasteiger partial charge in [-0.3, -0.25) is 0 Å². The van der Waals surface area contributed by atoms with E-state index in [4.69, 9.17) is 5.73 Å². The van der Waals surface area contributed by atoms with Crippen molar-refractivity contribution in [2.24, 2.45) is 5.73 Å². The van der Waals surface area contributed by atoms with E-state index in [0.29, 0.717) is 18.0 Å². The first-order valence-electron chi connectivity index (χ1n) is 5.72. The first-order valence-corrected chi connectivity index (χ1v) is 6.60. The van der Waals surface area contributed by atoms with Gasteiger partial charge >= 0.3 is 0 Å². The quantitative estimate of drug-likeness (QED) is 0.879. The SMILES string of the molecule is Cc1cc(C(CCN)c2cccs2)ccc1F. The highest BCUT2D eigenvalue weighted by molar-refractivity contribution is 7.10. The van der Waals surface area contributed by atoms with Gasteiger partial charge in [0.1, 0.15) is 5.82 Å². The molecule has 0 bridgehead atoms. The van der Waals surface area contributed by atoms with E-state index in [1.54, 1.807) is 24.3 Å². The van der Waals surface area contributed by atoms with Crippen molar-refractivity contribution in [2.45, 2.75) is 19.3 Å². The molecule has 0 saturated carbocycles. The maximum Gasteiger partial charge on any atom is 0.126 e. The molecule has 1 aromatic heterocycles. The summed E-state index contributed by atoms with van der Waals surface area (Å²) in [5.74, 6) is 0.144. The van der Waals surface area contributed by atoms with Crippen LogP contribution in [0.1, 0.15) is 28.3 Å². The Hall–Kier alpha value is -1.19. The average Bonchev–Trinajstić information content (AvgIpc) is 2.83. The van der Waals surface area contributed by atoms with Crippen LogP contribution in [0.15, 0.2) is 35.7 Å². The summed E-state index contributed by atoms with van der Waals surface area (Å²) < 4.78 is 13.3. The Balaban J connectivity index is 2.35. The van der Waals surface area contributed by atoms with Gasteiger partial charge in [0.25, 0.3) is 0 Å². The van der Waals surface area contributed by atoms with E-state index in [-0.39, 0.29) is 5.82 Å². The van der Waals surface area contributed by atoms with E-state index in [1.165, 1.54) is 4.88 Å². The van der Waals surface area contributed by atoms with Crippen LogP contribution in [-0.2, 0) is 0 Å². The van der Waals surface area contributed by atoms with Gasteiger partial charge in [-0.25, -0.2) is 4.39 Å². The summed E-state index contributed by atoms with van der Waals surface area (Å²) in [4.78, 5) is 1.29. The van der Waals surface area contributed by atoms with Crippen molar-refractivity contribution in [3.63, 3.8) is 0 Å². The first kappa shape index (κ1) is 12.3. The molecule has 0 aliphatic rings. The highest BCUT2D eigenvalue weighted by atomic mass is 32.1. The van der Waals surface area contributed by atoms with Crippen LogP contribution in [0.5, 0.6) is 0 Å². The Kier molecular flexibility index (Phi) is 3.92. The fourth-order valence-corrected chi connectivity index (χ4v) is 2.90. The molecule has 0 spiro atoms. The van der Waals surface area contributed by atoms with E-state index in [0.717, 1.165) is 12.0 Å². The van der Waals surface area contributed by atoms with Crippen LogP contribution < -0.4 is 5.73 Å². The second-order valence-electron chi connectivity index (χ2n) is 4.15. The molecule has 2 rings (SSSR count). The largest absolute Gasteiger partial charge is 0.330 e. The van der Waals surface area contributed by atoms with Crippen LogP contribution >= 0.6 is 11.3 Å². The molecule has 1 aromatic carbocycles. The van der Waals surface area contributed by atoms with E-state index >= 15 is 0 Å². The first-order chi connectivity index (χ1) is 8.22. The molecule has 1 unspecified atom stereocenters. The highest BCUT2D eigenvalue weighted by Crippen LogP contribution is 2.31. The normalized spacial score (nSPS) is 12.6. The molecule has 1 heterocycles. The van der Waals surface area contributed by atoms with E-state index < -0.39 is 0 Å². The number of hydrogen-bond donors (Lipinski definition) is 1. The third-order valence-corrected chi connectivity index (χ3v) is 3.91. The smallest absolute Gasteiger partial charge is 0.126 e. The summed E-state index contributed by atoms with van der Waals surface area (Å²) in [6.07, 6.45) is 0.894. The lowest BCUT2D eigenvalue weighted by molar-refractivity contribution is 0.616. The lowest BCUT2D eigenvalue weighted by Gasteiger charge is -2.15. The van der Waals surface area contributed by atoms with Gasteiger partial charge in [-0.05, 0) is 48.5 Å². The van der Waals surface area contributed by atoms with Gasteiger partial charge in [-0.1, -0.05) is 18.2 Å². The Morgan fingerprint density at radius 3 is 2.76 bits per heavy atom. The fraction of sp³-hybridized carbons (Fsp3) is 0.286. The van der Waals surface area contributed by atoms with E-state index in [2.05, 4.69) is 11.4 Å². The van der Waals surface area contributed by atoms with Crippen LogP contribution in [0, 0.1) is 12.7 Å². The van der Waals surface area contributed by atoms with Gasteiger partial charge in [0.15, 0.2) is 0 Å². The molecule has 0 radical (unpaired) electrons. The zero-order valence-electron chi connectivity index (χ0n) is 9.82. The third kappa shape index (κ3) is 2.73. The number of aryl methyl sites for hydroxylation is 1. The number of rotatable bonds is 4. The van der Waals surface area contributed by atoms with Crippen molar-refractivity contribution in [2.75, 3.05) is 6.54 Å². The zero-order valence-corrected chi connectivity index (χ0v) is 10.6. The van der Waals surface area contributed by atoms with Gasteiger partial charge in [0, 0.05) is 10.8 Å². The van der Waals surface area contributed by atoms with Gasteiger partial charge in [-0.15, -0.1) is 11.3 Å². The van der Waals surface area contributed by atoms with Crippen molar-refractivity contribution >= 4 is 11.3 Å². The fourth-order valence-electron chi connectivity index (χ4n) is 2.01. The minimum atomic E-state index is -0.147. The van der Waals surface area contributed by atoms with E-state index in [1.807, 2.05) is 18.2 Å². The van der Waals surface area contributed by atoms with Crippen molar-refractivity contribution in [1.29, 1.82) is 0 Å². The molecular formula is C14H16FNS. The molecule has 1 atom stereocenters. The zero-order chi connectivity index (χ0) is 12.3. The molecule has 0 amide bonds. The van der Waals surface area contributed by atoms with Crippen molar-refractivity contribution in [1.82, 2.24) is 0 Å². The highest BCUT2D eigenvalue weighted by Gasteiger charge is 2.15. The molecule has 2 N–H and O–H groups in total. The molecule has 0 saturated heterocycles. The van der Waals surface area contributed by atoms with E-state index in [9.17, 15) is 4.39 Å². The summed E-state index contributed by atoms with van der Waals surface area (Å²) in [6, 6.07) is 9.49. The summed E-state index contributed by atoms with van der Waals surface area (Å²) in [5.41, 5.74) is 7.52. The predicted molar refractivity (Wildman–Crippen MR) is 71.0 cm³/mol. The van der Waals surface area contributed by atoms with Crippen LogP contribution in [0.4, 0.5) is 4.39 Å². The van der Waals surface area contributed by atoms with Gasteiger partial charge in [-0.2, -0.15) is 0 Å². The molecular weight excluding hydrogens is 233 g/mol. The third-order valence-electron chi connectivity index (χ3n) is 2.93. The van der Waals surface area contributed by atoms with Crippen molar-refractivity contribution < 1.29 is 4.39 Å². The molecule has 3 heteroatoms. The number of halogens is 1. The molecule has 90 valence electrons. The van der Waals surface area contributed by atoms with Gasteiger partial charge < -0.3 is 5.73 Å². The van der Waals surface area contributed by atoms with Gasteiger partial charge in [0.2, 0.25) is 0 Å². The van der Waals surface area contributed by atoms with Gasteiger partial charge in [0.05, 0.1) is 0 Å². The Labute approximate surface area is 105 Å². The monoisotopic (exact) mass is 249 g/mol. The Bertz CT molecular complexity index is 479. The van der Waals surface area contributed by atoms with Crippen LogP contribution in [0.25, 0.3) is 0 Å². The number of nitrogens with two attached hydrogens (primary N) is 1. The summed E-state index contributed by atoms with van der Waals surface area (Å²) in [5, 5.41) is 2.06. The molecule has 0 fully saturated rings. The summed E-state index contributed by atoms with van der Waals surface area (Å²) >= 11 is 1.73. The van der Waals surface area contributed by atoms with Crippen LogP contribution in [0.3, 0.4) is 0 Å². The molecule has 2 aromatic rings. The van der Waals surface area contributed by atoms with Crippen molar-refractivity contribution in [3.8, 4) is 0 Å². The lowest BCUT2D eigenvalue weighted by atomic mass is 9.93. The minimum absolute atomic E-state index is 0.147. The predicted octanol–water partition coefficient (Wildman–Crippen LogP) is 3.68. The number of hydrogen-bond acceptors (Lipinski definition) is 2. The molecule has 17 heavy (non-hydrogen) atoms. The summed E-state index contributed by atoms with van der Waals surface area (Å²) in [7, 11) is 0. The topological polar surface area (TPSA) is 26.0 Å². The second kappa shape index (κ2) is 5.43. The Morgan fingerprint density at radius 1 is 1.35 bits per heavy atom.